The second-order valence-electron chi connectivity index (χ2n) is 8.95. The van der Waals surface area contributed by atoms with Crippen LogP contribution in [0.5, 0.6) is 0 Å². The van der Waals surface area contributed by atoms with Crippen molar-refractivity contribution in [3.8, 4) is 0 Å². The Bertz CT molecular complexity index is 1060. The molecular weight excluding hydrogens is 420 g/mol. The van der Waals surface area contributed by atoms with Crippen LogP contribution in [-0.2, 0) is 29.0 Å². The van der Waals surface area contributed by atoms with E-state index in [9.17, 15) is 9.59 Å². The summed E-state index contributed by atoms with van der Waals surface area (Å²) in [4.78, 5) is 28.9. The summed E-state index contributed by atoms with van der Waals surface area (Å²) in [6.07, 6.45) is 2.66. The summed E-state index contributed by atoms with van der Waals surface area (Å²) in [5.74, 6) is -0.139. The Labute approximate surface area is 204 Å². The summed E-state index contributed by atoms with van der Waals surface area (Å²) in [5, 5.41) is 3.07. The lowest BCUT2D eigenvalue weighted by Crippen LogP contribution is -2.51. The number of carbonyl (C=O) groups excluding carboxylic acids is 2. The highest BCUT2D eigenvalue weighted by Gasteiger charge is 2.30. The molecule has 0 unspecified atom stereocenters. The number of hydrogen-bond donors (Lipinski definition) is 1. The van der Waals surface area contributed by atoms with Gasteiger partial charge in [-0.2, -0.15) is 0 Å². The van der Waals surface area contributed by atoms with Gasteiger partial charge in [0, 0.05) is 19.5 Å². The van der Waals surface area contributed by atoms with Gasteiger partial charge in [-0.05, 0) is 48.1 Å². The maximum absolute atomic E-state index is 13.7. The van der Waals surface area contributed by atoms with Gasteiger partial charge in [-0.3, -0.25) is 9.59 Å². The Balaban J connectivity index is 1.92. The van der Waals surface area contributed by atoms with E-state index in [-0.39, 0.29) is 18.2 Å². The van der Waals surface area contributed by atoms with E-state index in [1.807, 2.05) is 66.7 Å². The average molecular weight is 457 g/mol. The quantitative estimate of drug-likeness (QED) is 0.393. The van der Waals surface area contributed by atoms with Gasteiger partial charge in [-0.15, -0.1) is 0 Å². The summed E-state index contributed by atoms with van der Waals surface area (Å²) in [7, 11) is 0. The monoisotopic (exact) mass is 456 g/mol. The molecule has 0 saturated heterocycles. The molecule has 0 saturated carbocycles. The number of carbonyl (C=O) groups is 2. The van der Waals surface area contributed by atoms with Gasteiger partial charge in [0.25, 0.3) is 0 Å². The Morgan fingerprint density at radius 3 is 2.09 bits per heavy atom. The molecule has 178 valence electrons. The topological polar surface area (TPSA) is 49.4 Å². The number of rotatable bonds is 11. The highest BCUT2D eigenvalue weighted by atomic mass is 16.2. The zero-order valence-electron chi connectivity index (χ0n) is 20.6. The van der Waals surface area contributed by atoms with E-state index in [1.165, 1.54) is 5.56 Å². The molecule has 1 N–H and O–H groups in total. The predicted molar refractivity (Wildman–Crippen MR) is 138 cm³/mol. The zero-order chi connectivity index (χ0) is 24.3. The van der Waals surface area contributed by atoms with Crippen LogP contribution in [-0.4, -0.2) is 29.3 Å². The van der Waals surface area contributed by atoms with Crippen molar-refractivity contribution < 1.29 is 9.59 Å². The van der Waals surface area contributed by atoms with Gasteiger partial charge in [0.05, 0.1) is 6.42 Å². The number of amides is 2. The van der Waals surface area contributed by atoms with Crippen LogP contribution in [0, 0.1) is 13.8 Å². The summed E-state index contributed by atoms with van der Waals surface area (Å²) >= 11 is 0. The molecule has 0 aliphatic heterocycles. The first-order chi connectivity index (χ1) is 16.5. The van der Waals surface area contributed by atoms with Gasteiger partial charge >= 0.3 is 0 Å². The Morgan fingerprint density at radius 2 is 1.47 bits per heavy atom. The largest absolute Gasteiger partial charge is 0.354 e. The van der Waals surface area contributed by atoms with E-state index in [0.717, 1.165) is 35.1 Å². The van der Waals surface area contributed by atoms with Crippen molar-refractivity contribution in [2.45, 2.75) is 59.0 Å². The van der Waals surface area contributed by atoms with Gasteiger partial charge < -0.3 is 10.2 Å². The molecule has 4 nitrogen and oxygen atoms in total. The number of benzene rings is 3. The third-order valence-corrected chi connectivity index (χ3v) is 6.22. The molecule has 3 rings (SSSR count). The first-order valence-corrected chi connectivity index (χ1v) is 12.2. The van der Waals surface area contributed by atoms with Gasteiger partial charge in [0.15, 0.2) is 0 Å². The molecule has 0 spiro atoms. The van der Waals surface area contributed by atoms with Crippen molar-refractivity contribution in [3.05, 3.63) is 107 Å². The number of unbranched alkanes of at least 4 members (excludes halogenated alkanes) is 1. The second-order valence-corrected chi connectivity index (χ2v) is 8.95. The van der Waals surface area contributed by atoms with Crippen LogP contribution in [0.4, 0.5) is 0 Å². The average Bonchev–Trinajstić information content (AvgIpc) is 2.85. The molecule has 3 aromatic carbocycles. The lowest BCUT2D eigenvalue weighted by molar-refractivity contribution is -0.140. The van der Waals surface area contributed by atoms with E-state index >= 15 is 0 Å². The Morgan fingerprint density at radius 1 is 0.824 bits per heavy atom. The molecule has 4 heteroatoms. The minimum Gasteiger partial charge on any atom is -0.354 e. The third kappa shape index (κ3) is 7.31. The second kappa shape index (κ2) is 12.7. The van der Waals surface area contributed by atoms with Crippen molar-refractivity contribution in [2.75, 3.05) is 6.54 Å². The molecule has 2 amide bonds. The summed E-state index contributed by atoms with van der Waals surface area (Å²) in [5.41, 5.74) is 5.38. The van der Waals surface area contributed by atoms with Crippen molar-refractivity contribution in [2.24, 2.45) is 0 Å². The lowest BCUT2D eigenvalue weighted by atomic mass is 10.00. The fraction of sp³-hybridized carbons (Fsp3) is 0.333. The van der Waals surface area contributed by atoms with E-state index < -0.39 is 6.04 Å². The van der Waals surface area contributed by atoms with Crippen LogP contribution in [0.3, 0.4) is 0 Å². The Hall–Kier alpha value is -3.40. The molecular formula is C30H36N2O2. The van der Waals surface area contributed by atoms with E-state index in [0.29, 0.717) is 19.5 Å². The van der Waals surface area contributed by atoms with Crippen molar-refractivity contribution >= 4 is 11.8 Å². The number of hydrogen-bond acceptors (Lipinski definition) is 2. The fourth-order valence-electron chi connectivity index (χ4n) is 4.03. The van der Waals surface area contributed by atoms with Gasteiger partial charge in [0.1, 0.15) is 6.04 Å². The molecule has 0 aliphatic rings. The molecule has 34 heavy (non-hydrogen) atoms. The first kappa shape index (κ1) is 25.2. The Kier molecular flexibility index (Phi) is 9.45. The highest BCUT2D eigenvalue weighted by molar-refractivity contribution is 5.88. The predicted octanol–water partition coefficient (Wildman–Crippen LogP) is 5.40. The molecule has 3 aromatic rings. The minimum absolute atomic E-state index is 0.0429. The normalized spacial score (nSPS) is 11.6. The van der Waals surface area contributed by atoms with Crippen LogP contribution < -0.4 is 5.32 Å². The van der Waals surface area contributed by atoms with Crippen molar-refractivity contribution in [3.63, 3.8) is 0 Å². The van der Waals surface area contributed by atoms with Crippen LogP contribution >= 0.6 is 0 Å². The first-order valence-electron chi connectivity index (χ1n) is 12.2. The molecule has 0 fully saturated rings. The summed E-state index contributed by atoms with van der Waals surface area (Å²) in [6.45, 7) is 7.24. The molecule has 0 radical (unpaired) electrons. The van der Waals surface area contributed by atoms with Crippen molar-refractivity contribution in [1.29, 1.82) is 0 Å². The van der Waals surface area contributed by atoms with Crippen LogP contribution in [0.1, 0.15) is 47.6 Å². The van der Waals surface area contributed by atoms with Crippen LogP contribution in [0.15, 0.2) is 78.9 Å². The smallest absolute Gasteiger partial charge is 0.243 e. The lowest BCUT2D eigenvalue weighted by Gasteiger charge is -2.32. The van der Waals surface area contributed by atoms with Crippen LogP contribution in [0.2, 0.25) is 0 Å². The molecule has 0 heterocycles. The molecule has 0 aliphatic carbocycles. The van der Waals surface area contributed by atoms with Crippen LogP contribution in [0.25, 0.3) is 0 Å². The van der Waals surface area contributed by atoms with Crippen molar-refractivity contribution in [1.82, 2.24) is 10.2 Å². The number of aryl methyl sites for hydroxylation is 2. The van der Waals surface area contributed by atoms with E-state index in [4.69, 9.17) is 0 Å². The van der Waals surface area contributed by atoms with Gasteiger partial charge in [-0.25, -0.2) is 0 Å². The summed E-state index contributed by atoms with van der Waals surface area (Å²) < 4.78 is 0. The number of nitrogens with one attached hydrogen (secondary N) is 1. The molecule has 0 aromatic heterocycles. The third-order valence-electron chi connectivity index (χ3n) is 6.22. The minimum atomic E-state index is -0.585. The fourth-order valence-corrected chi connectivity index (χ4v) is 4.03. The maximum Gasteiger partial charge on any atom is 0.243 e. The summed E-state index contributed by atoms with van der Waals surface area (Å²) in [6, 6.07) is 25.4. The molecule has 0 bridgehead atoms. The highest BCUT2D eigenvalue weighted by Crippen LogP contribution is 2.18. The number of nitrogens with zero attached hydrogens (tertiary/aromatic N) is 1. The SMILES string of the molecule is CCCCNC(=O)[C@H](Cc1ccccc1)N(Cc1ccccc1)C(=O)Cc1ccc(C)c(C)c1. The maximum atomic E-state index is 13.7. The zero-order valence-corrected chi connectivity index (χ0v) is 20.6. The van der Waals surface area contributed by atoms with Gasteiger partial charge in [0.2, 0.25) is 11.8 Å². The standard InChI is InChI=1S/C30H36N2O2/c1-4-5-18-31-30(34)28(20-25-12-8-6-9-13-25)32(22-26-14-10-7-11-15-26)29(33)21-27-17-16-23(2)24(3)19-27/h6-17,19,28H,4-5,18,20-22H2,1-3H3,(H,31,34)/t28-/m0/s1. The van der Waals surface area contributed by atoms with E-state index in [2.05, 4.69) is 38.2 Å². The van der Waals surface area contributed by atoms with E-state index in [1.54, 1.807) is 4.90 Å². The molecule has 1 atom stereocenters. The van der Waals surface area contributed by atoms with Gasteiger partial charge in [-0.1, -0.05) is 92.2 Å².